The van der Waals surface area contributed by atoms with Crippen LogP contribution in [0.5, 0.6) is 0 Å². The van der Waals surface area contributed by atoms with Crippen LogP contribution >= 0.6 is 0 Å². The molecule has 0 aromatic carbocycles. The molecule has 6 saturated carbocycles. The van der Waals surface area contributed by atoms with E-state index < -0.39 is 35.7 Å². The molecular formula is C26H38N2O6. The summed E-state index contributed by atoms with van der Waals surface area (Å²) in [4.78, 5) is 38.9. The van der Waals surface area contributed by atoms with Crippen molar-refractivity contribution < 1.29 is 28.6 Å². The third kappa shape index (κ3) is 3.10. The number of hydrogen-bond acceptors (Lipinski definition) is 8. The fraction of sp³-hybridized carbons (Fsp3) is 0.885. The van der Waals surface area contributed by atoms with E-state index in [-0.39, 0.29) is 42.2 Å². The number of ether oxygens (including phenoxy) is 3. The largest absolute Gasteiger partial charge is 0.458 e. The Hall–Kier alpha value is -1.51. The van der Waals surface area contributed by atoms with Crippen molar-refractivity contribution in [1.29, 1.82) is 0 Å². The lowest BCUT2D eigenvalue weighted by atomic mass is 9.49. The van der Waals surface area contributed by atoms with E-state index in [0.717, 1.165) is 18.3 Å². The Morgan fingerprint density at radius 3 is 2.26 bits per heavy atom. The zero-order valence-electron chi connectivity index (χ0n) is 20.2. The monoisotopic (exact) mass is 474 g/mol. The van der Waals surface area contributed by atoms with E-state index in [1.807, 2.05) is 0 Å². The van der Waals surface area contributed by atoms with Crippen molar-refractivity contribution in [2.75, 3.05) is 6.61 Å². The first-order chi connectivity index (χ1) is 16.2. The summed E-state index contributed by atoms with van der Waals surface area (Å²) in [5.41, 5.74) is 9.95. The number of carbonyl (C=O) groups is 3. The number of nitrogens with two attached hydrogens (primary N) is 2. The quantitative estimate of drug-likeness (QED) is 0.403. The molecule has 8 nitrogen and oxygen atoms in total. The lowest BCUT2D eigenvalue weighted by Gasteiger charge is -2.60. The molecule has 188 valence electrons. The molecule has 4 N–H and O–H groups in total. The van der Waals surface area contributed by atoms with E-state index in [9.17, 15) is 14.4 Å². The Morgan fingerprint density at radius 1 is 1.03 bits per heavy atom. The summed E-state index contributed by atoms with van der Waals surface area (Å²) >= 11 is 0. The molecule has 0 aromatic rings. The van der Waals surface area contributed by atoms with Crippen LogP contribution in [0.4, 0.5) is 0 Å². The van der Waals surface area contributed by atoms with E-state index >= 15 is 0 Å². The van der Waals surface area contributed by atoms with Gasteiger partial charge in [0.05, 0.1) is 11.5 Å². The lowest BCUT2D eigenvalue weighted by molar-refractivity contribution is -0.207. The second-order valence-corrected chi connectivity index (χ2v) is 12.1. The average Bonchev–Trinajstić information content (AvgIpc) is 3.42. The molecule has 34 heavy (non-hydrogen) atoms. The van der Waals surface area contributed by atoms with Gasteiger partial charge in [0.15, 0.2) is 11.4 Å². The van der Waals surface area contributed by atoms with Crippen LogP contribution in [0.2, 0.25) is 0 Å². The molecule has 6 bridgehead atoms. The van der Waals surface area contributed by atoms with Gasteiger partial charge in [-0.2, -0.15) is 0 Å². The van der Waals surface area contributed by atoms with Gasteiger partial charge in [-0.25, -0.2) is 4.79 Å². The van der Waals surface area contributed by atoms with E-state index in [2.05, 4.69) is 6.92 Å². The topological polar surface area (TPSA) is 131 Å². The molecule has 6 unspecified atom stereocenters. The summed E-state index contributed by atoms with van der Waals surface area (Å²) in [5.74, 6) is 0.257. The first-order valence-corrected chi connectivity index (χ1v) is 13.3. The van der Waals surface area contributed by atoms with Crippen LogP contribution in [0.15, 0.2) is 0 Å². The standard InChI is InChI=1S/C26H38N2O6/c1-3-25(14-6-12-5-13(8-14)9-15(25)7-12)32-11-18(29)19-16-10-17-20(19)23(30)33-21(17)22(16)34-24(31)26(27,28)4-2/h12-17,19-22H,3-11,27-28H2,1-2H3. The van der Waals surface area contributed by atoms with Gasteiger partial charge >= 0.3 is 11.9 Å². The van der Waals surface area contributed by atoms with Crippen molar-refractivity contribution in [1.82, 2.24) is 0 Å². The van der Waals surface area contributed by atoms with Gasteiger partial charge in [-0.15, -0.1) is 0 Å². The molecule has 6 atom stereocenters. The summed E-state index contributed by atoms with van der Waals surface area (Å²) < 4.78 is 17.9. The van der Waals surface area contributed by atoms with E-state index in [1.165, 1.54) is 32.1 Å². The van der Waals surface area contributed by atoms with Gasteiger partial charge in [-0.1, -0.05) is 13.8 Å². The van der Waals surface area contributed by atoms with Gasteiger partial charge in [0.1, 0.15) is 18.8 Å². The second kappa shape index (κ2) is 7.74. The van der Waals surface area contributed by atoms with Crippen LogP contribution in [0.3, 0.4) is 0 Å². The van der Waals surface area contributed by atoms with Crippen LogP contribution in [0, 0.1) is 47.3 Å². The summed E-state index contributed by atoms with van der Waals surface area (Å²) in [6, 6.07) is 0. The second-order valence-electron chi connectivity index (χ2n) is 12.1. The third-order valence-electron chi connectivity index (χ3n) is 10.7. The van der Waals surface area contributed by atoms with Gasteiger partial charge in [0.25, 0.3) is 0 Å². The molecule has 0 radical (unpaired) electrons. The van der Waals surface area contributed by atoms with Crippen LogP contribution < -0.4 is 11.5 Å². The predicted molar refractivity (Wildman–Crippen MR) is 121 cm³/mol. The van der Waals surface area contributed by atoms with Crippen molar-refractivity contribution in [3.8, 4) is 0 Å². The van der Waals surface area contributed by atoms with E-state index in [1.54, 1.807) is 6.92 Å². The summed E-state index contributed by atoms with van der Waals surface area (Å²) in [7, 11) is 0. The first-order valence-electron chi connectivity index (χ1n) is 13.3. The highest BCUT2D eigenvalue weighted by molar-refractivity contribution is 5.91. The first kappa shape index (κ1) is 22.9. The highest BCUT2D eigenvalue weighted by Gasteiger charge is 2.70. The number of rotatable bonds is 8. The zero-order chi connectivity index (χ0) is 24.0. The number of hydrogen-bond donors (Lipinski definition) is 2. The molecule has 6 aliphatic carbocycles. The Labute approximate surface area is 200 Å². The third-order valence-corrected chi connectivity index (χ3v) is 10.7. The van der Waals surface area contributed by atoms with Crippen LogP contribution in [0.25, 0.3) is 0 Å². The molecule has 8 heteroatoms. The highest BCUT2D eigenvalue weighted by atomic mass is 16.6. The maximum atomic E-state index is 13.6. The molecule has 1 aliphatic heterocycles. The molecule has 7 aliphatic rings. The van der Waals surface area contributed by atoms with Gasteiger partial charge < -0.3 is 25.7 Å². The number of ketones is 1. The lowest BCUT2D eigenvalue weighted by Crippen LogP contribution is -2.59. The molecular weight excluding hydrogens is 436 g/mol. The van der Waals surface area contributed by atoms with Gasteiger partial charge in [-0.3, -0.25) is 9.59 Å². The predicted octanol–water partition coefficient (Wildman–Crippen LogP) is 1.92. The molecule has 1 heterocycles. The fourth-order valence-electron chi connectivity index (χ4n) is 9.16. The average molecular weight is 475 g/mol. The summed E-state index contributed by atoms with van der Waals surface area (Å²) in [6.07, 6.45) is 6.84. The molecule has 0 spiro atoms. The Balaban J connectivity index is 1.18. The summed E-state index contributed by atoms with van der Waals surface area (Å²) in [5, 5.41) is 0. The van der Waals surface area contributed by atoms with Crippen molar-refractivity contribution in [3.05, 3.63) is 0 Å². The Bertz CT molecular complexity index is 874. The van der Waals surface area contributed by atoms with Crippen molar-refractivity contribution in [2.24, 2.45) is 58.8 Å². The minimum Gasteiger partial charge on any atom is -0.458 e. The Kier molecular flexibility index (Phi) is 5.22. The molecule has 7 rings (SSSR count). The van der Waals surface area contributed by atoms with Crippen LogP contribution in [-0.4, -0.2) is 47.8 Å². The van der Waals surface area contributed by atoms with Crippen molar-refractivity contribution in [2.45, 2.75) is 88.7 Å². The van der Waals surface area contributed by atoms with Gasteiger partial charge in [-0.05, 0) is 75.0 Å². The fourth-order valence-corrected chi connectivity index (χ4v) is 9.16. The minimum atomic E-state index is -1.60. The van der Waals surface area contributed by atoms with Gasteiger partial charge in [0.2, 0.25) is 0 Å². The number of esters is 2. The molecule has 1 saturated heterocycles. The normalized spacial score (nSPS) is 47.8. The Morgan fingerprint density at radius 2 is 1.68 bits per heavy atom. The van der Waals surface area contributed by atoms with Crippen molar-refractivity contribution in [3.63, 3.8) is 0 Å². The minimum absolute atomic E-state index is 0.0197. The van der Waals surface area contributed by atoms with E-state index in [4.69, 9.17) is 25.7 Å². The maximum Gasteiger partial charge on any atom is 0.341 e. The van der Waals surface area contributed by atoms with Crippen molar-refractivity contribution >= 4 is 17.7 Å². The zero-order valence-corrected chi connectivity index (χ0v) is 20.2. The maximum absolute atomic E-state index is 13.6. The van der Waals surface area contributed by atoms with E-state index in [0.29, 0.717) is 18.3 Å². The SMILES string of the molecule is CCC(N)(N)C(=O)OC1C2CC3C1OC(=O)C3C2C(=O)COC1(CC)C2CC3CC(C2)CC1C3. The molecule has 0 amide bonds. The summed E-state index contributed by atoms with van der Waals surface area (Å²) in [6.45, 7) is 3.93. The number of carbonyl (C=O) groups excluding carboxylic acids is 3. The van der Waals surface area contributed by atoms with Gasteiger partial charge in [0, 0.05) is 17.8 Å². The van der Waals surface area contributed by atoms with Crippen LogP contribution in [0.1, 0.15) is 65.2 Å². The molecule has 0 aromatic heterocycles. The number of fused-ring (bicyclic) bond motifs is 1. The highest BCUT2D eigenvalue weighted by Crippen LogP contribution is 2.62. The molecule has 7 fully saturated rings. The van der Waals surface area contributed by atoms with Crippen LogP contribution in [-0.2, 0) is 28.6 Å². The smallest absolute Gasteiger partial charge is 0.341 e. The number of Topliss-reactive ketones (excluding diaryl/α,β-unsaturated/α-hetero) is 1.